The summed E-state index contributed by atoms with van der Waals surface area (Å²) in [5.41, 5.74) is 8.94. The largest absolute Gasteiger partial charge is 0.398 e. The fourth-order valence-electron chi connectivity index (χ4n) is 2.89. The molecule has 21 heavy (non-hydrogen) atoms. The Balaban J connectivity index is 1.99. The molecule has 1 atom stereocenters. The first-order valence-corrected chi connectivity index (χ1v) is 8.18. The van der Waals surface area contributed by atoms with Crippen LogP contribution in [0.5, 0.6) is 0 Å². The van der Waals surface area contributed by atoms with Gasteiger partial charge in [-0.2, -0.15) is 0 Å². The average molecular weight is 350 g/mol. The number of nitrogens with two attached hydrogens (primary N) is 1. The quantitative estimate of drug-likeness (QED) is 0.857. The maximum Gasteiger partial charge on any atom is 0.0956 e. The number of hydrogen-bond donors (Lipinski definition) is 1. The van der Waals surface area contributed by atoms with Crippen molar-refractivity contribution < 1.29 is 4.74 Å². The van der Waals surface area contributed by atoms with Gasteiger partial charge < -0.3 is 15.4 Å². The van der Waals surface area contributed by atoms with Gasteiger partial charge in [0.2, 0.25) is 0 Å². The van der Waals surface area contributed by atoms with Crippen molar-refractivity contribution in [2.45, 2.75) is 25.9 Å². The molecule has 1 aromatic carbocycles. The summed E-state index contributed by atoms with van der Waals surface area (Å²) >= 11 is 3.46. The Morgan fingerprint density at radius 3 is 3.05 bits per heavy atom. The Hall–Kier alpha value is -1.33. The molecule has 2 aromatic rings. The lowest BCUT2D eigenvalue weighted by Gasteiger charge is -2.27. The predicted octanol–water partition coefficient (Wildman–Crippen LogP) is 3.58. The SMILES string of the molecule is CCN(CC1CCCO1)c1ccc(N)c2cc(Br)cnc12. The molecule has 0 aliphatic carbocycles. The number of nitrogens with zero attached hydrogens (tertiary/aromatic N) is 2. The van der Waals surface area contributed by atoms with Crippen molar-refractivity contribution in [3.63, 3.8) is 0 Å². The number of benzene rings is 1. The molecule has 3 rings (SSSR count). The summed E-state index contributed by atoms with van der Waals surface area (Å²) in [5.74, 6) is 0. The van der Waals surface area contributed by atoms with Crippen molar-refractivity contribution >= 4 is 38.2 Å². The standard InChI is InChI=1S/C16H20BrN3O/c1-2-20(10-12-4-3-7-21-12)15-6-5-14(18)13-8-11(17)9-19-16(13)15/h5-6,8-9,12H,2-4,7,10,18H2,1H3. The van der Waals surface area contributed by atoms with Gasteiger partial charge in [-0.05, 0) is 53.9 Å². The van der Waals surface area contributed by atoms with Crippen LogP contribution in [0.1, 0.15) is 19.8 Å². The molecule has 1 fully saturated rings. The van der Waals surface area contributed by atoms with Crippen molar-refractivity contribution in [2.75, 3.05) is 30.3 Å². The number of aromatic nitrogens is 1. The third-order valence-corrected chi connectivity index (χ3v) is 4.43. The third kappa shape index (κ3) is 2.99. The maximum absolute atomic E-state index is 6.10. The first kappa shape index (κ1) is 14.6. The van der Waals surface area contributed by atoms with Crippen molar-refractivity contribution in [2.24, 2.45) is 0 Å². The Kier molecular flexibility index (Phi) is 4.31. The van der Waals surface area contributed by atoms with Crippen LogP contribution in [0.25, 0.3) is 10.9 Å². The summed E-state index contributed by atoms with van der Waals surface area (Å²) in [7, 11) is 0. The summed E-state index contributed by atoms with van der Waals surface area (Å²) in [6.07, 6.45) is 4.46. The number of anilines is 2. The zero-order valence-corrected chi connectivity index (χ0v) is 13.8. The van der Waals surface area contributed by atoms with E-state index >= 15 is 0 Å². The highest BCUT2D eigenvalue weighted by Gasteiger charge is 2.20. The van der Waals surface area contributed by atoms with Crippen LogP contribution in [0, 0.1) is 0 Å². The summed E-state index contributed by atoms with van der Waals surface area (Å²) in [4.78, 5) is 6.91. The second kappa shape index (κ2) is 6.20. The molecule has 0 bridgehead atoms. The topological polar surface area (TPSA) is 51.4 Å². The Labute approximate surface area is 133 Å². The van der Waals surface area contributed by atoms with Crippen LogP contribution in [0.2, 0.25) is 0 Å². The first-order chi connectivity index (χ1) is 10.2. The molecule has 1 aromatic heterocycles. The molecule has 2 heterocycles. The maximum atomic E-state index is 6.10. The number of fused-ring (bicyclic) bond motifs is 1. The van der Waals surface area contributed by atoms with Gasteiger partial charge >= 0.3 is 0 Å². The number of likely N-dealkylation sites (N-methyl/N-ethyl adjacent to an activating group) is 1. The fourth-order valence-corrected chi connectivity index (χ4v) is 3.22. The van der Waals surface area contributed by atoms with Gasteiger partial charge in [-0.25, -0.2) is 0 Å². The molecule has 1 aliphatic rings. The molecule has 1 saturated heterocycles. The number of halogens is 1. The first-order valence-electron chi connectivity index (χ1n) is 7.39. The molecule has 2 N–H and O–H groups in total. The Morgan fingerprint density at radius 2 is 2.33 bits per heavy atom. The summed E-state index contributed by atoms with van der Waals surface area (Å²) in [5, 5.41) is 0.993. The highest BCUT2D eigenvalue weighted by Crippen LogP contribution is 2.31. The minimum absolute atomic E-state index is 0.327. The lowest BCUT2D eigenvalue weighted by molar-refractivity contribution is 0.116. The molecule has 0 spiro atoms. The van der Waals surface area contributed by atoms with Gasteiger partial charge in [-0.1, -0.05) is 0 Å². The van der Waals surface area contributed by atoms with Crippen LogP contribution in [-0.2, 0) is 4.74 Å². The molecule has 5 heteroatoms. The van der Waals surface area contributed by atoms with Crippen LogP contribution < -0.4 is 10.6 Å². The third-order valence-electron chi connectivity index (χ3n) is 4.00. The minimum atomic E-state index is 0.327. The van der Waals surface area contributed by atoms with E-state index in [1.165, 1.54) is 0 Å². The van der Waals surface area contributed by atoms with Crippen LogP contribution in [0.15, 0.2) is 28.9 Å². The minimum Gasteiger partial charge on any atom is -0.398 e. The second-order valence-electron chi connectivity index (χ2n) is 5.40. The summed E-state index contributed by atoms with van der Waals surface area (Å²) in [6.45, 7) is 4.88. The molecule has 0 amide bonds. The molecule has 1 aliphatic heterocycles. The molecular formula is C16H20BrN3O. The fraction of sp³-hybridized carbons (Fsp3) is 0.438. The lowest BCUT2D eigenvalue weighted by Crippen LogP contribution is -2.32. The zero-order chi connectivity index (χ0) is 14.8. The van der Waals surface area contributed by atoms with Crippen molar-refractivity contribution in [1.29, 1.82) is 0 Å². The number of pyridine rings is 1. The number of rotatable bonds is 4. The summed E-state index contributed by atoms with van der Waals surface area (Å²) < 4.78 is 6.71. The van der Waals surface area contributed by atoms with Gasteiger partial charge in [0.05, 0.1) is 17.3 Å². The van der Waals surface area contributed by atoms with E-state index in [0.717, 1.165) is 59.3 Å². The predicted molar refractivity (Wildman–Crippen MR) is 90.7 cm³/mol. The van der Waals surface area contributed by atoms with E-state index in [1.807, 2.05) is 18.3 Å². The average Bonchev–Trinajstić information content (AvgIpc) is 2.99. The zero-order valence-electron chi connectivity index (χ0n) is 12.2. The number of hydrogen-bond acceptors (Lipinski definition) is 4. The van der Waals surface area contributed by atoms with E-state index in [1.54, 1.807) is 0 Å². The van der Waals surface area contributed by atoms with Crippen LogP contribution in [0.4, 0.5) is 11.4 Å². The molecular weight excluding hydrogens is 330 g/mol. The second-order valence-corrected chi connectivity index (χ2v) is 6.31. The van der Waals surface area contributed by atoms with E-state index in [4.69, 9.17) is 10.5 Å². The van der Waals surface area contributed by atoms with Gasteiger partial charge in [0, 0.05) is 41.4 Å². The Morgan fingerprint density at radius 1 is 1.48 bits per heavy atom. The smallest absolute Gasteiger partial charge is 0.0956 e. The number of ether oxygens (including phenoxy) is 1. The van der Waals surface area contributed by atoms with Crippen LogP contribution in [0.3, 0.4) is 0 Å². The van der Waals surface area contributed by atoms with Gasteiger partial charge in [-0.15, -0.1) is 0 Å². The number of nitrogen functional groups attached to an aromatic ring is 1. The highest BCUT2D eigenvalue weighted by atomic mass is 79.9. The molecule has 0 radical (unpaired) electrons. The van der Waals surface area contributed by atoms with E-state index < -0.39 is 0 Å². The Bertz CT molecular complexity index is 641. The van der Waals surface area contributed by atoms with Gasteiger partial charge in [-0.3, -0.25) is 4.98 Å². The van der Waals surface area contributed by atoms with Crippen LogP contribution >= 0.6 is 15.9 Å². The van der Waals surface area contributed by atoms with E-state index in [-0.39, 0.29) is 0 Å². The van der Waals surface area contributed by atoms with Crippen molar-refractivity contribution in [3.8, 4) is 0 Å². The van der Waals surface area contributed by atoms with E-state index in [9.17, 15) is 0 Å². The normalized spacial score (nSPS) is 18.3. The van der Waals surface area contributed by atoms with Gasteiger partial charge in [0.15, 0.2) is 0 Å². The van der Waals surface area contributed by atoms with Gasteiger partial charge in [0.1, 0.15) is 0 Å². The van der Waals surface area contributed by atoms with Crippen LogP contribution in [-0.4, -0.2) is 30.8 Å². The van der Waals surface area contributed by atoms with E-state index in [2.05, 4.69) is 38.8 Å². The molecule has 4 nitrogen and oxygen atoms in total. The molecule has 1 unspecified atom stereocenters. The lowest BCUT2D eigenvalue weighted by atomic mass is 10.1. The monoisotopic (exact) mass is 349 g/mol. The summed E-state index contributed by atoms with van der Waals surface area (Å²) in [6, 6.07) is 6.06. The molecule has 0 saturated carbocycles. The van der Waals surface area contributed by atoms with Crippen molar-refractivity contribution in [1.82, 2.24) is 4.98 Å². The van der Waals surface area contributed by atoms with E-state index in [0.29, 0.717) is 6.10 Å². The highest BCUT2D eigenvalue weighted by molar-refractivity contribution is 9.10. The molecule has 112 valence electrons. The van der Waals surface area contributed by atoms with Gasteiger partial charge in [0.25, 0.3) is 0 Å². The van der Waals surface area contributed by atoms with Crippen molar-refractivity contribution in [3.05, 3.63) is 28.9 Å².